The molecule has 2 heterocycles. The molecule has 1 aromatic rings. The molecule has 1 aromatic heterocycles. The average molecular weight is 452 g/mol. The number of carbonyl (C=O) groups is 4. The summed E-state index contributed by atoms with van der Waals surface area (Å²) in [7, 11) is 1.24. The van der Waals surface area contributed by atoms with Crippen LogP contribution in [0.5, 0.6) is 0 Å². The second-order valence-corrected chi connectivity index (χ2v) is 6.62. The van der Waals surface area contributed by atoms with Crippen molar-refractivity contribution in [1.29, 1.82) is 0 Å². The number of nitrogens with zero attached hydrogens (tertiary/aromatic N) is 2. The monoisotopic (exact) mass is 451 g/mol. The highest BCUT2D eigenvalue weighted by Crippen LogP contribution is 2.17. The summed E-state index contributed by atoms with van der Waals surface area (Å²) in [5, 5.41) is 12.7. The molecule has 11 nitrogen and oxygen atoms in total. The Balaban J connectivity index is 2.04. The summed E-state index contributed by atoms with van der Waals surface area (Å²) in [6, 6.07) is -1.55. The zero-order valence-corrected chi connectivity index (χ0v) is 16.7. The quantitative estimate of drug-likeness (QED) is 0.150. The van der Waals surface area contributed by atoms with Gasteiger partial charge in [-0.3, -0.25) is 19.2 Å². The van der Waals surface area contributed by atoms with Crippen LogP contribution in [0.2, 0.25) is 0 Å². The van der Waals surface area contributed by atoms with Crippen LogP contribution in [0, 0.1) is 0 Å². The Labute approximate surface area is 172 Å². The second-order valence-electron chi connectivity index (χ2n) is 5.23. The standard InChI is InChI=1S/C14H15Cl2N5O6S/c1-26-21-11(7-5-28-14(18-7)19-8(22)2-15)13(25)20-10-6(17-12(10)24)4-27-9(23)3-16/h5-6,10H,2-4H2,1H3,(H,17,24)(H,20,25)(H,18,19,22)/b21-11-/t6-,10+/m0/s1. The third kappa shape index (κ3) is 5.53. The summed E-state index contributed by atoms with van der Waals surface area (Å²) < 4.78 is 4.85. The van der Waals surface area contributed by atoms with Gasteiger partial charge in [-0.05, 0) is 0 Å². The fourth-order valence-corrected chi connectivity index (χ4v) is 2.92. The predicted octanol–water partition coefficient (Wildman–Crippen LogP) is -0.564. The molecule has 0 unspecified atom stereocenters. The fourth-order valence-electron chi connectivity index (χ4n) is 2.07. The maximum absolute atomic E-state index is 12.5. The minimum absolute atomic E-state index is 0.124. The molecule has 0 bridgehead atoms. The van der Waals surface area contributed by atoms with Crippen LogP contribution < -0.4 is 16.0 Å². The van der Waals surface area contributed by atoms with Gasteiger partial charge in [-0.1, -0.05) is 5.16 Å². The van der Waals surface area contributed by atoms with Crippen molar-refractivity contribution in [2.75, 3.05) is 30.8 Å². The van der Waals surface area contributed by atoms with Crippen molar-refractivity contribution >= 4 is 69.1 Å². The zero-order valence-electron chi connectivity index (χ0n) is 14.4. The number of alkyl halides is 2. The molecule has 28 heavy (non-hydrogen) atoms. The first-order valence-electron chi connectivity index (χ1n) is 7.65. The summed E-state index contributed by atoms with van der Waals surface area (Å²) in [4.78, 5) is 55.4. The van der Waals surface area contributed by atoms with Crippen LogP contribution in [0.3, 0.4) is 0 Å². The highest BCUT2D eigenvalue weighted by molar-refractivity contribution is 7.14. The summed E-state index contributed by atoms with van der Waals surface area (Å²) in [6.45, 7) is -0.149. The van der Waals surface area contributed by atoms with Gasteiger partial charge in [-0.15, -0.1) is 34.5 Å². The minimum atomic E-state index is -0.938. The van der Waals surface area contributed by atoms with Crippen molar-refractivity contribution in [3.8, 4) is 0 Å². The lowest BCUT2D eigenvalue weighted by Gasteiger charge is -2.36. The van der Waals surface area contributed by atoms with Crippen LogP contribution in [0.25, 0.3) is 0 Å². The van der Waals surface area contributed by atoms with Gasteiger partial charge in [0.15, 0.2) is 10.8 Å². The van der Waals surface area contributed by atoms with E-state index in [1.807, 2.05) is 0 Å². The lowest BCUT2D eigenvalue weighted by atomic mass is 9.99. The fraction of sp³-hybridized carbons (Fsp3) is 0.429. The van der Waals surface area contributed by atoms with Gasteiger partial charge in [-0.25, -0.2) is 4.98 Å². The molecule has 2 atom stereocenters. The topological polar surface area (TPSA) is 148 Å². The van der Waals surface area contributed by atoms with Crippen LogP contribution in [0.4, 0.5) is 5.13 Å². The van der Waals surface area contributed by atoms with E-state index in [9.17, 15) is 19.2 Å². The Hall–Kier alpha value is -2.44. The van der Waals surface area contributed by atoms with Crippen molar-refractivity contribution in [3.05, 3.63) is 11.1 Å². The van der Waals surface area contributed by atoms with E-state index < -0.39 is 35.8 Å². The number of amides is 3. The number of ether oxygens (including phenoxy) is 1. The number of rotatable bonds is 9. The highest BCUT2D eigenvalue weighted by Gasteiger charge is 2.42. The number of aromatic nitrogens is 1. The van der Waals surface area contributed by atoms with Gasteiger partial charge >= 0.3 is 5.97 Å². The predicted molar refractivity (Wildman–Crippen MR) is 101 cm³/mol. The highest BCUT2D eigenvalue weighted by atomic mass is 35.5. The molecule has 0 aliphatic carbocycles. The Morgan fingerprint density at radius 3 is 2.71 bits per heavy atom. The van der Waals surface area contributed by atoms with Gasteiger partial charge in [0.2, 0.25) is 11.8 Å². The summed E-state index contributed by atoms with van der Waals surface area (Å²) in [5.41, 5.74) is -0.0830. The van der Waals surface area contributed by atoms with Crippen molar-refractivity contribution in [3.63, 3.8) is 0 Å². The number of halogens is 2. The largest absolute Gasteiger partial charge is 0.463 e. The van der Waals surface area contributed by atoms with Gasteiger partial charge in [0.25, 0.3) is 5.91 Å². The molecule has 1 fully saturated rings. The molecule has 0 saturated carbocycles. The molecule has 1 saturated heterocycles. The lowest BCUT2D eigenvalue weighted by molar-refractivity contribution is -0.146. The average Bonchev–Trinajstić information content (AvgIpc) is 3.14. The second kappa shape index (κ2) is 10.2. The van der Waals surface area contributed by atoms with E-state index in [1.54, 1.807) is 0 Å². The number of oxime groups is 1. The van der Waals surface area contributed by atoms with Crippen LogP contribution in [-0.4, -0.2) is 71.9 Å². The van der Waals surface area contributed by atoms with Gasteiger partial charge in [-0.2, -0.15) is 0 Å². The van der Waals surface area contributed by atoms with Crippen LogP contribution in [0.15, 0.2) is 10.5 Å². The van der Waals surface area contributed by atoms with Crippen LogP contribution in [0.1, 0.15) is 5.69 Å². The van der Waals surface area contributed by atoms with E-state index in [2.05, 4.69) is 30.9 Å². The van der Waals surface area contributed by atoms with E-state index in [0.717, 1.165) is 11.3 Å². The van der Waals surface area contributed by atoms with Crippen LogP contribution in [-0.2, 0) is 28.8 Å². The van der Waals surface area contributed by atoms with Gasteiger partial charge in [0, 0.05) is 5.38 Å². The maximum Gasteiger partial charge on any atom is 0.320 e. The molecular weight excluding hydrogens is 437 g/mol. The van der Waals surface area contributed by atoms with E-state index in [4.69, 9.17) is 27.9 Å². The van der Waals surface area contributed by atoms with Gasteiger partial charge in [0.1, 0.15) is 37.2 Å². The zero-order chi connectivity index (χ0) is 20.7. The summed E-state index contributed by atoms with van der Waals surface area (Å²) in [6.07, 6.45) is 0. The van der Waals surface area contributed by atoms with Crippen molar-refractivity contribution < 1.29 is 28.8 Å². The molecule has 152 valence electrons. The summed E-state index contributed by atoms with van der Waals surface area (Å²) >= 11 is 11.8. The van der Waals surface area contributed by atoms with Crippen molar-refractivity contribution in [2.24, 2.45) is 5.16 Å². The molecule has 3 amide bonds. The minimum Gasteiger partial charge on any atom is -0.463 e. The number of hydrogen-bond acceptors (Lipinski definition) is 9. The number of anilines is 1. The first-order chi connectivity index (χ1) is 13.4. The number of hydrogen-bond donors (Lipinski definition) is 3. The number of thiazole rings is 1. The molecule has 1 aliphatic rings. The van der Waals surface area contributed by atoms with Crippen LogP contribution >= 0.6 is 34.5 Å². The Kier molecular flexibility index (Phi) is 7.96. The Morgan fingerprint density at radius 1 is 1.36 bits per heavy atom. The first-order valence-corrected chi connectivity index (χ1v) is 9.60. The number of esters is 1. The van der Waals surface area contributed by atoms with E-state index in [1.165, 1.54) is 12.5 Å². The van der Waals surface area contributed by atoms with E-state index >= 15 is 0 Å². The van der Waals surface area contributed by atoms with Crippen molar-refractivity contribution in [2.45, 2.75) is 12.1 Å². The molecule has 0 spiro atoms. The molecule has 14 heteroatoms. The van der Waals surface area contributed by atoms with E-state index in [-0.39, 0.29) is 34.9 Å². The Morgan fingerprint density at radius 2 is 2.11 bits per heavy atom. The maximum atomic E-state index is 12.5. The smallest absolute Gasteiger partial charge is 0.320 e. The third-order valence-corrected chi connectivity index (χ3v) is 4.56. The normalized spacial score (nSPS) is 18.5. The molecule has 1 aliphatic heterocycles. The third-order valence-electron chi connectivity index (χ3n) is 3.34. The Bertz CT molecular complexity index is 801. The molecule has 2 rings (SSSR count). The number of nitrogens with one attached hydrogen (secondary N) is 3. The number of β-lactam (4-membered cyclic amide) rings is 1. The molecule has 3 N–H and O–H groups in total. The molecule has 0 radical (unpaired) electrons. The lowest BCUT2D eigenvalue weighted by Crippen LogP contribution is -2.71. The summed E-state index contributed by atoms with van der Waals surface area (Å²) in [5.74, 6) is -2.88. The number of carbonyl (C=O) groups excluding carboxylic acids is 4. The molecular formula is C14H15Cl2N5O6S. The van der Waals surface area contributed by atoms with Gasteiger partial charge < -0.3 is 25.5 Å². The first kappa shape index (κ1) is 21.9. The van der Waals surface area contributed by atoms with Crippen molar-refractivity contribution in [1.82, 2.24) is 15.6 Å². The molecule has 0 aromatic carbocycles. The van der Waals surface area contributed by atoms with E-state index in [0.29, 0.717) is 0 Å². The SMILES string of the molecule is CO/N=C(\C(=O)N[C@H]1C(=O)N[C@H]1COC(=O)CCl)c1csc(NC(=O)CCl)n1. The van der Waals surface area contributed by atoms with Gasteiger partial charge in [0.05, 0.1) is 6.04 Å².